The van der Waals surface area contributed by atoms with E-state index in [9.17, 15) is 9.59 Å². The monoisotopic (exact) mass is 368 g/mol. The molecule has 0 bridgehead atoms. The predicted octanol–water partition coefficient (Wildman–Crippen LogP) is 4.14. The van der Waals surface area contributed by atoms with E-state index in [-0.39, 0.29) is 18.6 Å². The van der Waals surface area contributed by atoms with Crippen LogP contribution in [-0.2, 0) is 9.59 Å². The Bertz CT molecular complexity index is 874. The number of fused-ring (bicyclic) bond motifs is 1. The van der Waals surface area contributed by atoms with Crippen molar-refractivity contribution in [1.82, 2.24) is 0 Å². The molecule has 0 fully saturated rings. The second-order valence-electron chi connectivity index (χ2n) is 7.34. The average molecular weight is 368 g/mol. The van der Waals surface area contributed by atoms with Gasteiger partial charge in [-0.25, -0.2) is 0 Å². The van der Waals surface area contributed by atoms with Gasteiger partial charge in [0.2, 0.25) is 18.6 Å². The molecule has 2 N–H and O–H groups in total. The average Bonchev–Trinajstić information content (AvgIpc) is 3.09. The highest BCUT2D eigenvalue weighted by Crippen LogP contribution is 2.35. The van der Waals surface area contributed by atoms with Gasteiger partial charge in [-0.15, -0.1) is 0 Å². The lowest BCUT2D eigenvalue weighted by molar-refractivity contribution is -0.135. The Morgan fingerprint density at radius 3 is 2.37 bits per heavy atom. The molecule has 1 aliphatic heterocycles. The summed E-state index contributed by atoms with van der Waals surface area (Å²) in [6.45, 7) is 7.48. The molecule has 3 rings (SSSR count). The van der Waals surface area contributed by atoms with E-state index >= 15 is 0 Å². The van der Waals surface area contributed by atoms with Crippen molar-refractivity contribution in [2.24, 2.45) is 5.41 Å². The fourth-order valence-electron chi connectivity index (χ4n) is 2.76. The van der Waals surface area contributed by atoms with Crippen molar-refractivity contribution in [1.29, 1.82) is 0 Å². The van der Waals surface area contributed by atoms with Gasteiger partial charge in [-0.3, -0.25) is 9.59 Å². The van der Waals surface area contributed by atoms with Gasteiger partial charge in [-0.05, 0) is 43.5 Å². The van der Waals surface area contributed by atoms with E-state index in [0.717, 1.165) is 11.3 Å². The lowest BCUT2D eigenvalue weighted by atomic mass is 9.90. The predicted molar refractivity (Wildman–Crippen MR) is 104 cm³/mol. The largest absolute Gasteiger partial charge is 0.454 e. The number of hydrogen-bond donors (Lipinski definition) is 2. The van der Waals surface area contributed by atoms with Gasteiger partial charge in [0.05, 0.1) is 0 Å². The normalized spacial score (nSPS) is 12.8. The number of carbonyl (C=O) groups excluding carboxylic acids is 2. The number of para-hydroxylation sites is 1. The second kappa shape index (κ2) is 7.31. The first-order valence-corrected chi connectivity index (χ1v) is 8.90. The van der Waals surface area contributed by atoms with Crippen LogP contribution in [0.15, 0.2) is 42.5 Å². The Labute approximate surface area is 158 Å². The Morgan fingerprint density at radius 2 is 1.63 bits per heavy atom. The van der Waals surface area contributed by atoms with Gasteiger partial charge in [0.25, 0.3) is 0 Å². The van der Waals surface area contributed by atoms with E-state index < -0.39 is 11.3 Å². The highest BCUT2D eigenvalue weighted by atomic mass is 16.7. The highest BCUT2D eigenvalue weighted by Gasteiger charge is 2.36. The standard InChI is InChI=1S/C21H24N2O4/c1-13(2)15-7-5-6-8-16(15)23-20(25)21(3,4)19(24)22-14-9-10-17-18(11-14)27-12-26-17/h5-11,13H,12H2,1-4H3,(H,22,24)(H,23,25). The molecule has 0 spiro atoms. The third-order valence-electron chi connectivity index (χ3n) is 4.60. The molecule has 6 heteroatoms. The maximum atomic E-state index is 12.8. The van der Waals surface area contributed by atoms with E-state index in [4.69, 9.17) is 9.47 Å². The summed E-state index contributed by atoms with van der Waals surface area (Å²) < 4.78 is 10.6. The second-order valence-corrected chi connectivity index (χ2v) is 7.34. The van der Waals surface area contributed by atoms with Gasteiger partial charge in [0.15, 0.2) is 11.5 Å². The Hall–Kier alpha value is -3.02. The van der Waals surface area contributed by atoms with Crippen LogP contribution in [-0.4, -0.2) is 18.6 Å². The van der Waals surface area contributed by atoms with Crippen molar-refractivity contribution in [3.8, 4) is 11.5 Å². The molecule has 0 aromatic heterocycles. The summed E-state index contributed by atoms with van der Waals surface area (Å²) in [5.74, 6) is 0.693. The summed E-state index contributed by atoms with van der Waals surface area (Å²) in [6, 6.07) is 12.7. The minimum Gasteiger partial charge on any atom is -0.454 e. The Morgan fingerprint density at radius 1 is 0.963 bits per heavy atom. The quantitative estimate of drug-likeness (QED) is 0.778. The van der Waals surface area contributed by atoms with Crippen LogP contribution < -0.4 is 20.1 Å². The highest BCUT2D eigenvalue weighted by molar-refractivity contribution is 6.14. The van der Waals surface area contributed by atoms with Crippen molar-refractivity contribution < 1.29 is 19.1 Å². The summed E-state index contributed by atoms with van der Waals surface area (Å²) in [5, 5.41) is 5.68. The molecule has 0 radical (unpaired) electrons. The van der Waals surface area contributed by atoms with E-state index in [1.165, 1.54) is 0 Å². The minimum absolute atomic E-state index is 0.163. The first-order valence-electron chi connectivity index (χ1n) is 8.90. The molecule has 1 heterocycles. The zero-order valence-electron chi connectivity index (χ0n) is 16.0. The van der Waals surface area contributed by atoms with E-state index in [2.05, 4.69) is 24.5 Å². The van der Waals surface area contributed by atoms with Crippen LogP contribution in [0.3, 0.4) is 0 Å². The zero-order valence-corrected chi connectivity index (χ0v) is 16.0. The lowest BCUT2D eigenvalue weighted by Crippen LogP contribution is -2.41. The smallest absolute Gasteiger partial charge is 0.239 e. The van der Waals surface area contributed by atoms with Crippen LogP contribution in [0.1, 0.15) is 39.2 Å². The maximum absolute atomic E-state index is 12.8. The molecule has 2 amide bonds. The molecular weight excluding hydrogens is 344 g/mol. The third-order valence-corrected chi connectivity index (χ3v) is 4.60. The van der Waals surface area contributed by atoms with Gasteiger partial charge < -0.3 is 20.1 Å². The van der Waals surface area contributed by atoms with Gasteiger partial charge in [0.1, 0.15) is 5.41 Å². The lowest BCUT2D eigenvalue weighted by Gasteiger charge is -2.24. The summed E-state index contributed by atoms with van der Waals surface area (Å²) in [4.78, 5) is 25.6. The number of anilines is 2. The van der Waals surface area contributed by atoms with Gasteiger partial charge in [-0.2, -0.15) is 0 Å². The van der Waals surface area contributed by atoms with Crippen LogP contribution in [0.5, 0.6) is 11.5 Å². The molecule has 0 aliphatic carbocycles. The van der Waals surface area contributed by atoms with Crippen LogP contribution in [0.4, 0.5) is 11.4 Å². The molecular formula is C21H24N2O4. The van der Waals surface area contributed by atoms with Crippen LogP contribution in [0.2, 0.25) is 0 Å². The number of benzene rings is 2. The number of amides is 2. The molecule has 0 saturated heterocycles. The minimum atomic E-state index is -1.26. The SMILES string of the molecule is CC(C)c1ccccc1NC(=O)C(C)(C)C(=O)Nc1ccc2c(c1)OCO2. The van der Waals surface area contributed by atoms with Gasteiger partial charge >= 0.3 is 0 Å². The molecule has 2 aromatic rings. The molecule has 1 aliphatic rings. The first-order chi connectivity index (χ1) is 12.8. The van der Waals surface area contributed by atoms with E-state index in [1.54, 1.807) is 32.0 Å². The first kappa shape index (κ1) is 18.8. The van der Waals surface area contributed by atoms with Crippen molar-refractivity contribution >= 4 is 23.2 Å². The number of nitrogens with one attached hydrogen (secondary N) is 2. The molecule has 0 unspecified atom stereocenters. The van der Waals surface area contributed by atoms with Gasteiger partial charge in [-0.1, -0.05) is 32.0 Å². The molecule has 27 heavy (non-hydrogen) atoms. The number of rotatable bonds is 5. The van der Waals surface area contributed by atoms with Crippen molar-refractivity contribution in [3.05, 3.63) is 48.0 Å². The number of hydrogen-bond acceptors (Lipinski definition) is 4. The molecule has 0 atom stereocenters. The molecule has 142 valence electrons. The van der Waals surface area contributed by atoms with E-state index in [0.29, 0.717) is 17.2 Å². The number of ether oxygens (including phenoxy) is 2. The third kappa shape index (κ3) is 3.89. The summed E-state index contributed by atoms with van der Waals surface area (Å²) in [6.07, 6.45) is 0. The fourth-order valence-corrected chi connectivity index (χ4v) is 2.76. The van der Waals surface area contributed by atoms with Gasteiger partial charge in [0, 0.05) is 17.4 Å². The molecule has 6 nitrogen and oxygen atoms in total. The van der Waals surface area contributed by atoms with Crippen molar-refractivity contribution in [2.75, 3.05) is 17.4 Å². The van der Waals surface area contributed by atoms with Crippen LogP contribution in [0, 0.1) is 5.41 Å². The summed E-state index contributed by atoms with van der Waals surface area (Å²) in [5.41, 5.74) is 1.03. The molecule has 0 saturated carbocycles. The van der Waals surface area contributed by atoms with Crippen molar-refractivity contribution in [3.63, 3.8) is 0 Å². The fraction of sp³-hybridized carbons (Fsp3) is 0.333. The summed E-state index contributed by atoms with van der Waals surface area (Å²) >= 11 is 0. The zero-order chi connectivity index (χ0) is 19.6. The maximum Gasteiger partial charge on any atom is 0.239 e. The van der Waals surface area contributed by atoms with Crippen LogP contribution in [0.25, 0.3) is 0 Å². The molecule has 2 aromatic carbocycles. The number of carbonyl (C=O) groups is 2. The van der Waals surface area contributed by atoms with Crippen LogP contribution >= 0.6 is 0 Å². The van der Waals surface area contributed by atoms with E-state index in [1.807, 2.05) is 24.3 Å². The topological polar surface area (TPSA) is 76.7 Å². The van der Waals surface area contributed by atoms with Crippen molar-refractivity contribution in [2.45, 2.75) is 33.6 Å². The Balaban J connectivity index is 1.73. The summed E-state index contributed by atoms with van der Waals surface area (Å²) in [7, 11) is 0. The Kier molecular flexibility index (Phi) is 5.08.